The number of nitrogens with zero attached hydrogens (tertiary/aromatic N) is 1. The molecule has 1 saturated heterocycles. The Morgan fingerprint density at radius 3 is 2.75 bits per heavy atom. The molecule has 28 heavy (non-hydrogen) atoms. The summed E-state index contributed by atoms with van der Waals surface area (Å²) in [6.07, 6.45) is 8.96. The third-order valence-corrected chi connectivity index (χ3v) is 6.49. The van der Waals surface area contributed by atoms with Crippen LogP contribution < -0.4 is 4.74 Å². The van der Waals surface area contributed by atoms with Crippen molar-refractivity contribution in [3.63, 3.8) is 0 Å². The molecule has 1 aliphatic carbocycles. The molecule has 2 unspecified atom stereocenters. The van der Waals surface area contributed by atoms with Crippen LogP contribution in [-0.4, -0.2) is 49.8 Å². The summed E-state index contributed by atoms with van der Waals surface area (Å²) in [7, 11) is 1.71. The molecule has 1 aliphatic heterocycles. The molecule has 2 atom stereocenters. The Labute approximate surface area is 169 Å². The predicted molar refractivity (Wildman–Crippen MR) is 109 cm³/mol. The number of hydrogen-bond acceptors (Lipinski definition) is 4. The zero-order valence-electron chi connectivity index (χ0n) is 17.1. The normalized spacial score (nSPS) is 22.4. The molecular weight excluding hydrogens is 354 g/mol. The molecule has 5 heteroatoms. The predicted octanol–water partition coefficient (Wildman–Crippen LogP) is 3.74. The van der Waals surface area contributed by atoms with E-state index in [1.54, 1.807) is 12.0 Å². The van der Waals surface area contributed by atoms with Crippen molar-refractivity contribution in [2.75, 3.05) is 33.4 Å². The van der Waals surface area contributed by atoms with Crippen molar-refractivity contribution in [1.82, 2.24) is 4.90 Å². The Kier molecular flexibility index (Phi) is 7.74. The number of piperidine rings is 1. The van der Waals surface area contributed by atoms with Crippen LogP contribution >= 0.6 is 0 Å². The maximum absolute atomic E-state index is 12.0. The molecule has 2 aliphatic rings. The Bertz CT molecular complexity index is 618. The van der Waals surface area contributed by atoms with Crippen molar-refractivity contribution in [2.24, 2.45) is 11.8 Å². The topological polar surface area (TPSA) is 59.0 Å². The first-order valence-electron chi connectivity index (χ1n) is 10.8. The van der Waals surface area contributed by atoms with Gasteiger partial charge in [-0.1, -0.05) is 24.6 Å². The zero-order valence-corrected chi connectivity index (χ0v) is 17.1. The number of amides is 1. The zero-order chi connectivity index (χ0) is 19.8. The van der Waals surface area contributed by atoms with Gasteiger partial charge in [-0.2, -0.15) is 0 Å². The average molecular weight is 390 g/mol. The summed E-state index contributed by atoms with van der Waals surface area (Å²) in [6.45, 7) is 2.80. The molecule has 3 rings (SSSR count). The average Bonchev–Trinajstić information content (AvgIpc) is 2.70. The van der Waals surface area contributed by atoms with E-state index in [1.807, 2.05) is 24.3 Å². The van der Waals surface area contributed by atoms with Gasteiger partial charge in [0.25, 0.3) is 0 Å². The van der Waals surface area contributed by atoms with Crippen LogP contribution in [0, 0.1) is 11.8 Å². The smallest absolute Gasteiger partial charge is 0.209 e. The van der Waals surface area contributed by atoms with Crippen molar-refractivity contribution in [3.05, 3.63) is 29.8 Å². The Balaban J connectivity index is 1.81. The number of unbranched alkanes of at least 4 members (excludes halogenated alkanes) is 1. The summed E-state index contributed by atoms with van der Waals surface area (Å²) in [5.74, 6) is 1.46. The Morgan fingerprint density at radius 1 is 1.21 bits per heavy atom. The van der Waals surface area contributed by atoms with Crippen molar-refractivity contribution < 1.29 is 19.4 Å². The number of carbonyl (C=O) groups is 1. The van der Waals surface area contributed by atoms with Crippen LogP contribution in [0.15, 0.2) is 24.3 Å². The van der Waals surface area contributed by atoms with Crippen LogP contribution in [0.3, 0.4) is 0 Å². The number of likely N-dealkylation sites (tertiary alicyclic amines) is 1. The van der Waals surface area contributed by atoms with E-state index in [-0.39, 0.29) is 5.92 Å². The molecule has 1 heterocycles. The fourth-order valence-corrected chi connectivity index (χ4v) is 4.51. The van der Waals surface area contributed by atoms with Crippen molar-refractivity contribution in [3.8, 4) is 5.75 Å². The lowest BCUT2D eigenvalue weighted by molar-refractivity contribution is -0.123. The summed E-state index contributed by atoms with van der Waals surface area (Å²) in [5.41, 5.74) is -0.115. The summed E-state index contributed by atoms with van der Waals surface area (Å²) < 4.78 is 11.4. The van der Waals surface area contributed by atoms with E-state index < -0.39 is 5.60 Å². The van der Waals surface area contributed by atoms with E-state index in [0.717, 1.165) is 56.6 Å². The van der Waals surface area contributed by atoms with Crippen LogP contribution in [0.5, 0.6) is 5.75 Å². The molecule has 5 nitrogen and oxygen atoms in total. The Hall–Kier alpha value is -1.59. The molecule has 156 valence electrons. The molecule has 1 saturated carbocycles. The maximum Gasteiger partial charge on any atom is 0.209 e. The van der Waals surface area contributed by atoms with Crippen LogP contribution in [-0.2, 0) is 15.1 Å². The van der Waals surface area contributed by atoms with E-state index in [2.05, 4.69) is 0 Å². The van der Waals surface area contributed by atoms with Gasteiger partial charge in [-0.05, 0) is 56.9 Å². The minimum atomic E-state index is -0.994. The van der Waals surface area contributed by atoms with Gasteiger partial charge < -0.3 is 19.5 Å². The van der Waals surface area contributed by atoms with Crippen molar-refractivity contribution in [2.45, 2.75) is 57.0 Å². The van der Waals surface area contributed by atoms with Gasteiger partial charge in [0, 0.05) is 38.3 Å². The second-order valence-corrected chi connectivity index (χ2v) is 8.42. The molecule has 1 amide bonds. The van der Waals surface area contributed by atoms with E-state index in [1.165, 1.54) is 19.3 Å². The van der Waals surface area contributed by atoms with Gasteiger partial charge in [0.05, 0.1) is 12.2 Å². The quantitative estimate of drug-likeness (QED) is 0.463. The van der Waals surface area contributed by atoms with Gasteiger partial charge in [0.2, 0.25) is 6.41 Å². The summed E-state index contributed by atoms with van der Waals surface area (Å²) >= 11 is 0. The molecule has 1 aromatic carbocycles. The number of para-hydroxylation sites is 1. The van der Waals surface area contributed by atoms with Crippen LogP contribution in [0.4, 0.5) is 0 Å². The van der Waals surface area contributed by atoms with Crippen LogP contribution in [0.25, 0.3) is 0 Å². The minimum absolute atomic E-state index is 0.0162. The number of aliphatic hydroxyl groups is 1. The number of methoxy groups -OCH3 is 1. The van der Waals surface area contributed by atoms with Gasteiger partial charge in [-0.3, -0.25) is 4.79 Å². The molecule has 0 radical (unpaired) electrons. The van der Waals surface area contributed by atoms with Gasteiger partial charge in [-0.15, -0.1) is 0 Å². The highest BCUT2D eigenvalue weighted by Gasteiger charge is 2.42. The fourth-order valence-electron chi connectivity index (χ4n) is 4.51. The monoisotopic (exact) mass is 389 g/mol. The Morgan fingerprint density at radius 2 is 2.04 bits per heavy atom. The molecule has 0 bridgehead atoms. The fraction of sp³-hybridized carbons (Fsp3) is 0.696. The molecule has 0 aromatic heterocycles. The highest BCUT2D eigenvalue weighted by Crippen LogP contribution is 2.43. The lowest BCUT2D eigenvalue weighted by Gasteiger charge is -2.42. The molecule has 2 fully saturated rings. The lowest BCUT2D eigenvalue weighted by atomic mass is 9.73. The number of benzene rings is 1. The second-order valence-electron chi connectivity index (χ2n) is 8.42. The SMILES string of the molecule is COCCCCC(O)(c1ccccc1OCC1CCC1)C1CCCN(C=O)C1. The second kappa shape index (κ2) is 10.3. The highest BCUT2D eigenvalue weighted by atomic mass is 16.5. The summed E-state index contributed by atoms with van der Waals surface area (Å²) in [6, 6.07) is 7.94. The largest absolute Gasteiger partial charge is 0.493 e. The van der Waals surface area contributed by atoms with E-state index in [4.69, 9.17) is 9.47 Å². The minimum Gasteiger partial charge on any atom is -0.493 e. The summed E-state index contributed by atoms with van der Waals surface area (Å²) in [5, 5.41) is 12.0. The molecule has 1 N–H and O–H groups in total. The maximum atomic E-state index is 12.0. The van der Waals surface area contributed by atoms with Crippen LogP contribution in [0.2, 0.25) is 0 Å². The molecule has 0 spiro atoms. The van der Waals surface area contributed by atoms with Gasteiger partial charge in [-0.25, -0.2) is 0 Å². The number of hydrogen-bond donors (Lipinski definition) is 1. The van der Waals surface area contributed by atoms with Crippen molar-refractivity contribution >= 4 is 6.41 Å². The van der Waals surface area contributed by atoms with Gasteiger partial charge in [0.1, 0.15) is 5.75 Å². The number of ether oxygens (including phenoxy) is 2. The highest BCUT2D eigenvalue weighted by molar-refractivity contribution is 5.47. The van der Waals surface area contributed by atoms with Crippen molar-refractivity contribution in [1.29, 1.82) is 0 Å². The van der Waals surface area contributed by atoms with Crippen LogP contribution in [0.1, 0.15) is 56.9 Å². The summed E-state index contributed by atoms with van der Waals surface area (Å²) in [4.78, 5) is 13.2. The standard InChI is InChI=1S/C23H35NO4/c1-27-15-5-4-13-23(26,20-10-7-14-24(16-20)18-25)21-11-2-3-12-22(21)28-17-19-8-6-9-19/h2-3,11-12,18-20,26H,4-10,13-17H2,1H3. The van der Waals surface area contributed by atoms with Gasteiger partial charge >= 0.3 is 0 Å². The first-order valence-corrected chi connectivity index (χ1v) is 10.8. The molecule has 1 aromatic rings. The number of rotatable bonds is 11. The van der Waals surface area contributed by atoms with E-state index in [9.17, 15) is 9.90 Å². The third kappa shape index (κ3) is 5.06. The lowest BCUT2D eigenvalue weighted by Crippen LogP contribution is -2.46. The van der Waals surface area contributed by atoms with E-state index in [0.29, 0.717) is 25.5 Å². The number of carbonyl (C=O) groups excluding carboxylic acids is 1. The molecular formula is C23H35NO4. The first-order chi connectivity index (χ1) is 13.7. The van der Waals surface area contributed by atoms with E-state index >= 15 is 0 Å². The van der Waals surface area contributed by atoms with Gasteiger partial charge in [0.15, 0.2) is 0 Å². The third-order valence-electron chi connectivity index (χ3n) is 6.49. The first kappa shape index (κ1) is 21.1.